The highest BCUT2D eigenvalue weighted by atomic mass is 32.2. The highest BCUT2D eigenvalue weighted by Crippen LogP contribution is 2.23. The number of hydrogen-bond acceptors (Lipinski definition) is 3. The molecule has 0 fully saturated rings. The molecule has 0 aromatic heterocycles. The standard InChI is InChI=1S/C13H20FNOS/c1-13(2,3)15-9-10-8-11(14)4-5-12(10)17-7-6-16/h4-5,8,15-16H,6-7,9H2,1-3H3. The van der Waals surface area contributed by atoms with Crippen LogP contribution in [0.15, 0.2) is 23.1 Å². The Morgan fingerprint density at radius 3 is 2.65 bits per heavy atom. The number of aliphatic hydroxyl groups excluding tert-OH is 1. The summed E-state index contributed by atoms with van der Waals surface area (Å²) < 4.78 is 13.2. The minimum Gasteiger partial charge on any atom is -0.396 e. The van der Waals surface area contributed by atoms with Crippen molar-refractivity contribution in [1.82, 2.24) is 5.32 Å². The highest BCUT2D eigenvalue weighted by molar-refractivity contribution is 7.99. The van der Waals surface area contributed by atoms with Gasteiger partial charge in [0.25, 0.3) is 0 Å². The van der Waals surface area contributed by atoms with Crippen LogP contribution in [-0.2, 0) is 6.54 Å². The van der Waals surface area contributed by atoms with Crippen molar-refractivity contribution in [2.45, 2.75) is 37.8 Å². The summed E-state index contributed by atoms with van der Waals surface area (Å²) in [6.07, 6.45) is 0. The van der Waals surface area contributed by atoms with Crippen LogP contribution in [0.3, 0.4) is 0 Å². The Kier molecular flexibility index (Phi) is 5.43. The fourth-order valence-corrected chi connectivity index (χ4v) is 2.13. The molecular formula is C13H20FNOS. The Morgan fingerprint density at radius 1 is 1.35 bits per heavy atom. The maximum atomic E-state index is 13.2. The second-order valence-electron chi connectivity index (χ2n) is 4.93. The first-order chi connectivity index (χ1) is 7.92. The van der Waals surface area contributed by atoms with Crippen LogP contribution in [0.25, 0.3) is 0 Å². The van der Waals surface area contributed by atoms with Gasteiger partial charge in [-0.2, -0.15) is 0 Å². The Bertz CT molecular complexity index is 363. The van der Waals surface area contributed by atoms with E-state index in [1.807, 2.05) is 0 Å². The van der Waals surface area contributed by atoms with E-state index in [0.29, 0.717) is 12.3 Å². The van der Waals surface area contributed by atoms with Crippen molar-refractivity contribution in [3.63, 3.8) is 0 Å². The predicted octanol–water partition coefficient (Wildman–Crippen LogP) is 2.80. The van der Waals surface area contributed by atoms with E-state index in [9.17, 15) is 4.39 Å². The zero-order valence-corrected chi connectivity index (χ0v) is 11.4. The van der Waals surface area contributed by atoms with E-state index in [-0.39, 0.29) is 18.0 Å². The van der Waals surface area contributed by atoms with Crippen molar-refractivity contribution in [1.29, 1.82) is 0 Å². The van der Waals surface area contributed by atoms with Crippen molar-refractivity contribution < 1.29 is 9.50 Å². The van der Waals surface area contributed by atoms with E-state index in [1.165, 1.54) is 6.07 Å². The number of benzene rings is 1. The fourth-order valence-electron chi connectivity index (χ4n) is 1.34. The van der Waals surface area contributed by atoms with E-state index >= 15 is 0 Å². The predicted molar refractivity (Wildman–Crippen MR) is 70.8 cm³/mol. The molecule has 1 aromatic carbocycles. The van der Waals surface area contributed by atoms with E-state index < -0.39 is 0 Å². The molecule has 0 aliphatic heterocycles. The molecule has 0 aliphatic rings. The van der Waals surface area contributed by atoms with Crippen LogP contribution in [0.5, 0.6) is 0 Å². The van der Waals surface area contributed by atoms with E-state index in [0.717, 1.165) is 10.5 Å². The largest absolute Gasteiger partial charge is 0.396 e. The maximum absolute atomic E-state index is 13.2. The molecule has 2 nitrogen and oxygen atoms in total. The SMILES string of the molecule is CC(C)(C)NCc1cc(F)ccc1SCCO. The van der Waals surface area contributed by atoms with Gasteiger partial charge in [-0.15, -0.1) is 11.8 Å². The third kappa shape index (κ3) is 5.52. The molecule has 0 radical (unpaired) electrons. The van der Waals surface area contributed by atoms with Crippen molar-refractivity contribution in [2.75, 3.05) is 12.4 Å². The number of halogens is 1. The third-order valence-corrected chi connectivity index (χ3v) is 3.28. The first-order valence-corrected chi connectivity index (χ1v) is 6.68. The summed E-state index contributed by atoms with van der Waals surface area (Å²) in [6, 6.07) is 4.79. The lowest BCUT2D eigenvalue weighted by Gasteiger charge is -2.21. The summed E-state index contributed by atoms with van der Waals surface area (Å²) in [5.41, 5.74) is 0.948. The molecule has 4 heteroatoms. The van der Waals surface area contributed by atoms with Crippen LogP contribution in [0.4, 0.5) is 4.39 Å². The zero-order valence-electron chi connectivity index (χ0n) is 10.6. The molecule has 0 amide bonds. The van der Waals surface area contributed by atoms with Gasteiger partial charge in [-0.3, -0.25) is 0 Å². The Labute approximate surface area is 107 Å². The van der Waals surface area contributed by atoms with Gasteiger partial charge in [-0.1, -0.05) is 0 Å². The van der Waals surface area contributed by atoms with Crippen molar-refractivity contribution in [3.05, 3.63) is 29.6 Å². The molecule has 0 unspecified atom stereocenters. The molecule has 0 bridgehead atoms. The molecule has 96 valence electrons. The molecule has 0 saturated carbocycles. The maximum Gasteiger partial charge on any atom is 0.123 e. The van der Waals surface area contributed by atoms with Gasteiger partial charge in [0.2, 0.25) is 0 Å². The fraction of sp³-hybridized carbons (Fsp3) is 0.538. The van der Waals surface area contributed by atoms with Crippen LogP contribution in [0, 0.1) is 5.82 Å². The molecule has 1 rings (SSSR count). The van der Waals surface area contributed by atoms with Gasteiger partial charge in [-0.05, 0) is 44.5 Å². The first-order valence-electron chi connectivity index (χ1n) is 5.69. The van der Waals surface area contributed by atoms with Gasteiger partial charge in [0.05, 0.1) is 6.61 Å². The Morgan fingerprint density at radius 2 is 2.06 bits per heavy atom. The highest BCUT2D eigenvalue weighted by Gasteiger charge is 2.11. The van der Waals surface area contributed by atoms with Gasteiger partial charge in [-0.25, -0.2) is 4.39 Å². The number of hydrogen-bond donors (Lipinski definition) is 2. The topological polar surface area (TPSA) is 32.3 Å². The minimum atomic E-state index is -0.218. The molecule has 1 aromatic rings. The van der Waals surface area contributed by atoms with Crippen LogP contribution in [0.1, 0.15) is 26.3 Å². The average molecular weight is 257 g/mol. The molecule has 0 spiro atoms. The summed E-state index contributed by atoms with van der Waals surface area (Å²) in [7, 11) is 0. The Balaban J connectivity index is 2.76. The first kappa shape index (κ1) is 14.5. The second-order valence-corrected chi connectivity index (χ2v) is 6.06. The molecule has 0 atom stereocenters. The molecule has 0 aliphatic carbocycles. The van der Waals surface area contributed by atoms with E-state index in [4.69, 9.17) is 5.11 Å². The van der Waals surface area contributed by atoms with Gasteiger partial charge < -0.3 is 10.4 Å². The number of aliphatic hydroxyl groups is 1. The lowest BCUT2D eigenvalue weighted by atomic mass is 10.1. The molecule has 0 heterocycles. The van der Waals surface area contributed by atoms with Gasteiger partial charge in [0.1, 0.15) is 5.82 Å². The lowest BCUT2D eigenvalue weighted by Crippen LogP contribution is -2.35. The zero-order chi connectivity index (χ0) is 12.9. The average Bonchev–Trinajstić information content (AvgIpc) is 2.24. The summed E-state index contributed by atoms with van der Waals surface area (Å²) in [5.74, 6) is 0.415. The van der Waals surface area contributed by atoms with E-state index in [2.05, 4.69) is 26.1 Å². The summed E-state index contributed by atoms with van der Waals surface area (Å²) in [4.78, 5) is 1.03. The van der Waals surface area contributed by atoms with Crippen molar-refractivity contribution in [3.8, 4) is 0 Å². The van der Waals surface area contributed by atoms with Crippen LogP contribution in [0.2, 0.25) is 0 Å². The van der Waals surface area contributed by atoms with Gasteiger partial charge in [0, 0.05) is 22.7 Å². The van der Waals surface area contributed by atoms with Gasteiger partial charge >= 0.3 is 0 Å². The normalized spacial score (nSPS) is 11.8. The minimum absolute atomic E-state index is 0.00519. The summed E-state index contributed by atoms with van der Waals surface area (Å²) in [5, 5.41) is 12.2. The summed E-state index contributed by atoms with van der Waals surface area (Å²) in [6.45, 7) is 7.00. The number of thioether (sulfide) groups is 1. The monoisotopic (exact) mass is 257 g/mol. The van der Waals surface area contributed by atoms with Crippen LogP contribution in [-0.4, -0.2) is 23.0 Å². The van der Waals surface area contributed by atoms with Crippen molar-refractivity contribution >= 4 is 11.8 Å². The molecule has 17 heavy (non-hydrogen) atoms. The van der Waals surface area contributed by atoms with Crippen molar-refractivity contribution in [2.24, 2.45) is 0 Å². The lowest BCUT2D eigenvalue weighted by molar-refractivity contribution is 0.322. The second kappa shape index (κ2) is 6.38. The Hall–Kier alpha value is -0.580. The third-order valence-electron chi connectivity index (χ3n) is 2.18. The smallest absolute Gasteiger partial charge is 0.123 e. The molecule has 2 N–H and O–H groups in total. The van der Waals surface area contributed by atoms with Gasteiger partial charge in [0.15, 0.2) is 0 Å². The summed E-state index contributed by atoms with van der Waals surface area (Å²) >= 11 is 1.55. The molecule has 0 saturated heterocycles. The van der Waals surface area contributed by atoms with E-state index in [1.54, 1.807) is 23.9 Å². The number of rotatable bonds is 5. The number of nitrogens with one attached hydrogen (secondary N) is 1. The van der Waals surface area contributed by atoms with Crippen LogP contribution < -0.4 is 5.32 Å². The molecular weight excluding hydrogens is 237 g/mol. The quantitative estimate of drug-likeness (QED) is 0.796. The van der Waals surface area contributed by atoms with Crippen LogP contribution >= 0.6 is 11.8 Å².